The van der Waals surface area contributed by atoms with Crippen molar-refractivity contribution in [2.75, 3.05) is 18.9 Å². The zero-order valence-corrected chi connectivity index (χ0v) is 15.0. The van der Waals surface area contributed by atoms with E-state index in [0.29, 0.717) is 12.2 Å². The highest BCUT2D eigenvalue weighted by Crippen LogP contribution is 2.25. The highest BCUT2D eigenvalue weighted by Gasteiger charge is 2.32. The SMILES string of the molecule is CN1CC(C(=O)Nc2ccc(C(=O)NC3CCCCC3)c(O)c2)CC1=O. The minimum Gasteiger partial charge on any atom is -0.507 e. The molecule has 0 radical (unpaired) electrons. The summed E-state index contributed by atoms with van der Waals surface area (Å²) < 4.78 is 0. The fraction of sp³-hybridized carbons (Fsp3) is 0.526. The van der Waals surface area contributed by atoms with Gasteiger partial charge in [0.2, 0.25) is 11.8 Å². The van der Waals surface area contributed by atoms with E-state index in [1.807, 2.05) is 0 Å². The molecule has 1 aromatic rings. The summed E-state index contributed by atoms with van der Waals surface area (Å²) in [5.74, 6) is -1.18. The second kappa shape index (κ2) is 7.76. The molecule has 7 nitrogen and oxygen atoms in total. The van der Waals surface area contributed by atoms with Crippen molar-refractivity contribution < 1.29 is 19.5 Å². The molecule has 7 heteroatoms. The first kappa shape index (κ1) is 18.2. The molecule has 1 aromatic carbocycles. The first-order valence-electron chi connectivity index (χ1n) is 9.12. The number of phenolic OH excluding ortho intramolecular Hbond substituents is 1. The standard InChI is InChI=1S/C19H25N3O4/c1-22-11-12(9-17(22)24)18(25)21-14-7-8-15(16(23)10-14)19(26)20-13-5-3-2-4-6-13/h7-8,10,12-13,23H,2-6,9,11H2,1H3,(H,20,26)(H,21,25). The van der Waals surface area contributed by atoms with Crippen molar-refractivity contribution in [3.05, 3.63) is 23.8 Å². The fourth-order valence-corrected chi connectivity index (χ4v) is 3.59. The van der Waals surface area contributed by atoms with Crippen LogP contribution in [0.5, 0.6) is 5.75 Å². The number of phenols is 1. The van der Waals surface area contributed by atoms with Crippen molar-refractivity contribution in [1.29, 1.82) is 0 Å². The Labute approximate surface area is 152 Å². The molecule has 0 aromatic heterocycles. The van der Waals surface area contributed by atoms with Crippen LogP contribution >= 0.6 is 0 Å². The maximum atomic E-state index is 12.3. The molecular weight excluding hydrogens is 334 g/mol. The van der Waals surface area contributed by atoms with Gasteiger partial charge in [0.25, 0.3) is 5.91 Å². The highest BCUT2D eigenvalue weighted by atomic mass is 16.3. The summed E-state index contributed by atoms with van der Waals surface area (Å²) in [5.41, 5.74) is 0.605. The molecule has 1 saturated carbocycles. The molecule has 1 saturated heterocycles. The van der Waals surface area contributed by atoms with Gasteiger partial charge in [-0.05, 0) is 25.0 Å². The van der Waals surface area contributed by atoms with Crippen LogP contribution in [0.4, 0.5) is 5.69 Å². The van der Waals surface area contributed by atoms with Crippen LogP contribution in [0.2, 0.25) is 0 Å². The number of carbonyl (C=O) groups is 3. The summed E-state index contributed by atoms with van der Waals surface area (Å²) in [7, 11) is 1.67. The number of benzene rings is 1. The Kier molecular flexibility index (Phi) is 5.44. The topological polar surface area (TPSA) is 98.7 Å². The lowest BCUT2D eigenvalue weighted by Gasteiger charge is -2.23. The smallest absolute Gasteiger partial charge is 0.255 e. The Morgan fingerprint density at radius 3 is 2.54 bits per heavy atom. The summed E-state index contributed by atoms with van der Waals surface area (Å²) in [6.45, 7) is 0.387. The van der Waals surface area contributed by atoms with E-state index in [2.05, 4.69) is 10.6 Å². The van der Waals surface area contributed by atoms with Gasteiger partial charge >= 0.3 is 0 Å². The molecule has 2 aliphatic rings. The summed E-state index contributed by atoms with van der Waals surface area (Å²) in [6, 6.07) is 4.63. The van der Waals surface area contributed by atoms with Crippen molar-refractivity contribution in [1.82, 2.24) is 10.2 Å². The highest BCUT2D eigenvalue weighted by molar-refractivity contribution is 6.00. The number of amides is 3. The fourth-order valence-electron chi connectivity index (χ4n) is 3.59. The second-order valence-corrected chi connectivity index (χ2v) is 7.20. The Bertz CT molecular complexity index is 713. The van der Waals surface area contributed by atoms with Crippen LogP contribution in [-0.2, 0) is 9.59 Å². The van der Waals surface area contributed by atoms with Gasteiger partial charge in [0, 0.05) is 37.8 Å². The Hall–Kier alpha value is -2.57. The average molecular weight is 359 g/mol. The van der Waals surface area contributed by atoms with Gasteiger partial charge in [-0.25, -0.2) is 0 Å². The number of hydrogen-bond acceptors (Lipinski definition) is 4. The van der Waals surface area contributed by atoms with E-state index in [0.717, 1.165) is 25.7 Å². The molecule has 3 N–H and O–H groups in total. The summed E-state index contributed by atoms with van der Waals surface area (Å²) >= 11 is 0. The van der Waals surface area contributed by atoms with Gasteiger partial charge in [0.15, 0.2) is 0 Å². The van der Waals surface area contributed by atoms with E-state index < -0.39 is 5.92 Å². The molecule has 26 heavy (non-hydrogen) atoms. The minimum atomic E-state index is -0.399. The monoisotopic (exact) mass is 359 g/mol. The molecule has 140 valence electrons. The van der Waals surface area contributed by atoms with E-state index in [-0.39, 0.29) is 41.5 Å². The maximum Gasteiger partial charge on any atom is 0.255 e. The summed E-state index contributed by atoms with van der Waals surface area (Å²) in [4.78, 5) is 37.7. The lowest BCUT2D eigenvalue weighted by Crippen LogP contribution is -2.36. The van der Waals surface area contributed by atoms with Crippen LogP contribution in [0.25, 0.3) is 0 Å². The molecule has 1 heterocycles. The van der Waals surface area contributed by atoms with Gasteiger partial charge < -0.3 is 20.6 Å². The van der Waals surface area contributed by atoms with Gasteiger partial charge in [-0.3, -0.25) is 14.4 Å². The molecule has 1 atom stereocenters. The number of rotatable bonds is 4. The molecule has 3 amide bonds. The van der Waals surface area contributed by atoms with Crippen LogP contribution in [0.1, 0.15) is 48.9 Å². The van der Waals surface area contributed by atoms with Crippen LogP contribution in [0, 0.1) is 5.92 Å². The zero-order chi connectivity index (χ0) is 18.7. The third-order valence-corrected chi connectivity index (χ3v) is 5.16. The number of nitrogens with one attached hydrogen (secondary N) is 2. The van der Waals surface area contributed by atoms with Gasteiger partial charge in [-0.2, -0.15) is 0 Å². The first-order chi connectivity index (χ1) is 12.4. The van der Waals surface area contributed by atoms with Crippen LogP contribution in [0.3, 0.4) is 0 Å². The minimum absolute atomic E-state index is 0.0530. The van der Waals surface area contributed by atoms with Crippen molar-refractivity contribution in [2.45, 2.75) is 44.6 Å². The molecule has 1 unspecified atom stereocenters. The lowest BCUT2D eigenvalue weighted by atomic mass is 9.95. The van der Waals surface area contributed by atoms with E-state index in [1.54, 1.807) is 13.1 Å². The van der Waals surface area contributed by atoms with Crippen molar-refractivity contribution in [3.63, 3.8) is 0 Å². The molecule has 0 bridgehead atoms. The quantitative estimate of drug-likeness (QED) is 0.764. The molecular formula is C19H25N3O4. The zero-order valence-electron chi connectivity index (χ0n) is 15.0. The number of nitrogens with zero attached hydrogens (tertiary/aromatic N) is 1. The van der Waals surface area contributed by atoms with Gasteiger partial charge in [-0.15, -0.1) is 0 Å². The van der Waals surface area contributed by atoms with Crippen LogP contribution < -0.4 is 10.6 Å². The second-order valence-electron chi connectivity index (χ2n) is 7.20. The number of likely N-dealkylation sites (tertiary alicyclic amines) is 1. The van der Waals surface area contributed by atoms with Gasteiger partial charge in [0.05, 0.1) is 11.5 Å². The van der Waals surface area contributed by atoms with E-state index in [4.69, 9.17) is 0 Å². The molecule has 3 rings (SSSR count). The predicted molar refractivity (Wildman–Crippen MR) is 96.8 cm³/mol. The molecule has 2 fully saturated rings. The van der Waals surface area contributed by atoms with Gasteiger partial charge in [0.1, 0.15) is 5.75 Å². The van der Waals surface area contributed by atoms with E-state index in [9.17, 15) is 19.5 Å². The number of hydrogen-bond donors (Lipinski definition) is 3. The Morgan fingerprint density at radius 2 is 1.92 bits per heavy atom. The Balaban J connectivity index is 1.61. The average Bonchev–Trinajstić information content (AvgIpc) is 2.95. The molecule has 0 spiro atoms. The third kappa shape index (κ3) is 4.15. The normalized spacial score (nSPS) is 20.9. The number of anilines is 1. The first-order valence-corrected chi connectivity index (χ1v) is 9.12. The predicted octanol–water partition coefficient (Wildman–Crippen LogP) is 1.87. The van der Waals surface area contributed by atoms with E-state index >= 15 is 0 Å². The van der Waals surface area contributed by atoms with Crippen LogP contribution in [0.15, 0.2) is 18.2 Å². The van der Waals surface area contributed by atoms with Crippen LogP contribution in [-0.4, -0.2) is 47.4 Å². The summed E-state index contributed by atoms with van der Waals surface area (Å²) in [6.07, 6.45) is 5.55. The van der Waals surface area contributed by atoms with Crippen molar-refractivity contribution in [3.8, 4) is 5.75 Å². The van der Waals surface area contributed by atoms with E-state index in [1.165, 1.54) is 23.5 Å². The summed E-state index contributed by atoms with van der Waals surface area (Å²) in [5, 5.41) is 15.8. The largest absolute Gasteiger partial charge is 0.507 e. The van der Waals surface area contributed by atoms with Crippen molar-refractivity contribution in [2.24, 2.45) is 5.92 Å². The molecule has 1 aliphatic carbocycles. The van der Waals surface area contributed by atoms with Gasteiger partial charge in [-0.1, -0.05) is 19.3 Å². The molecule has 1 aliphatic heterocycles. The maximum absolute atomic E-state index is 12.3. The lowest BCUT2D eigenvalue weighted by molar-refractivity contribution is -0.127. The Morgan fingerprint density at radius 1 is 1.19 bits per heavy atom. The third-order valence-electron chi connectivity index (χ3n) is 5.16. The van der Waals surface area contributed by atoms with Crippen molar-refractivity contribution >= 4 is 23.4 Å². The number of carbonyl (C=O) groups excluding carboxylic acids is 3. The number of aromatic hydroxyl groups is 1.